The topological polar surface area (TPSA) is 80.3 Å². The number of benzene rings is 1. The molecule has 0 saturated carbocycles. The maximum atomic E-state index is 12.8. The lowest BCUT2D eigenvalue weighted by atomic mass is 9.77. The Kier molecular flexibility index (Phi) is 4.60. The Morgan fingerprint density at radius 1 is 1.28 bits per heavy atom. The zero-order chi connectivity index (χ0) is 18.4. The second-order valence-electron chi connectivity index (χ2n) is 6.76. The quantitative estimate of drug-likeness (QED) is 0.635. The normalized spacial score (nSPS) is 31.4. The van der Waals surface area contributed by atoms with Crippen LogP contribution in [-0.4, -0.2) is 42.4 Å². The molecule has 2 aliphatic heterocycles. The van der Waals surface area contributed by atoms with Crippen LogP contribution >= 0.6 is 11.6 Å². The minimum absolute atomic E-state index is 0.243. The molecular weight excluding hydrogens is 344 g/mol. The van der Waals surface area contributed by atoms with Crippen molar-refractivity contribution in [1.29, 1.82) is 0 Å². The number of hydrogen-bond donors (Lipinski definition) is 1. The molecule has 1 aromatic rings. The average molecular weight is 366 g/mol. The number of likely N-dealkylation sites (tertiary alicyclic amines) is 1. The first-order chi connectivity index (χ1) is 11.9. The second kappa shape index (κ2) is 6.42. The van der Waals surface area contributed by atoms with Crippen LogP contribution in [0.2, 0.25) is 5.02 Å². The van der Waals surface area contributed by atoms with Crippen molar-refractivity contribution < 1.29 is 24.4 Å². The van der Waals surface area contributed by atoms with Crippen LogP contribution in [0.25, 0.3) is 0 Å². The summed E-state index contributed by atoms with van der Waals surface area (Å²) in [7, 11) is 2.80. The Labute approximate surface area is 151 Å². The number of quaternary nitrogens is 1. The Bertz CT molecular complexity index is 720. The lowest BCUT2D eigenvalue weighted by Gasteiger charge is -2.28. The molecule has 7 heteroatoms. The van der Waals surface area contributed by atoms with Crippen molar-refractivity contribution >= 4 is 29.4 Å². The summed E-state index contributed by atoms with van der Waals surface area (Å²) in [5.74, 6) is -2.28. The number of nitrogens with two attached hydrogens (primary N) is 1. The smallest absolute Gasteiger partial charge is 0.368 e. The highest BCUT2D eigenvalue weighted by atomic mass is 35.5. The van der Waals surface area contributed by atoms with Gasteiger partial charge in [-0.3, -0.25) is 14.5 Å². The molecule has 0 radical (unpaired) electrons. The fourth-order valence-corrected chi connectivity index (χ4v) is 4.52. The first-order valence-electron chi connectivity index (χ1n) is 8.38. The molecule has 3 rings (SSSR count). The maximum absolute atomic E-state index is 12.8. The average Bonchev–Trinajstić information content (AvgIpc) is 3.06. The van der Waals surface area contributed by atoms with E-state index in [0.717, 1.165) is 10.5 Å². The van der Waals surface area contributed by atoms with Crippen molar-refractivity contribution in [3.8, 4) is 0 Å². The maximum Gasteiger partial charge on any atom is 0.368 e. The SMILES string of the molecule is CCC[C@@]1(C(=O)OC)[NH2+][C@@H](c2ccc(Cl)cc2)[C@H]2C(=O)N(C)C(=O)[C@@H]21. The van der Waals surface area contributed by atoms with Gasteiger partial charge in [0.15, 0.2) is 0 Å². The summed E-state index contributed by atoms with van der Waals surface area (Å²) in [6.07, 6.45) is 1.17. The van der Waals surface area contributed by atoms with Gasteiger partial charge in [0.05, 0.1) is 7.11 Å². The van der Waals surface area contributed by atoms with E-state index in [1.807, 2.05) is 24.4 Å². The molecule has 0 aromatic heterocycles. The van der Waals surface area contributed by atoms with Crippen LogP contribution in [0.5, 0.6) is 0 Å². The molecule has 0 unspecified atom stereocenters. The summed E-state index contributed by atoms with van der Waals surface area (Å²) in [6, 6.07) is 6.87. The largest absolute Gasteiger partial charge is 0.464 e. The predicted molar refractivity (Wildman–Crippen MR) is 90.5 cm³/mol. The molecule has 2 fully saturated rings. The van der Waals surface area contributed by atoms with Crippen molar-refractivity contribution in [2.24, 2.45) is 11.8 Å². The van der Waals surface area contributed by atoms with Gasteiger partial charge in [-0.2, -0.15) is 0 Å². The van der Waals surface area contributed by atoms with E-state index in [4.69, 9.17) is 16.3 Å². The summed E-state index contributed by atoms with van der Waals surface area (Å²) in [5.41, 5.74) is -0.201. The van der Waals surface area contributed by atoms with Crippen LogP contribution in [0.4, 0.5) is 0 Å². The molecular formula is C18H22ClN2O4+. The highest BCUT2D eigenvalue weighted by Crippen LogP contribution is 2.45. The third kappa shape index (κ3) is 2.55. The number of carbonyl (C=O) groups excluding carboxylic acids is 3. The Balaban J connectivity index is 2.13. The molecule has 2 N–H and O–H groups in total. The predicted octanol–water partition coefficient (Wildman–Crippen LogP) is 0.901. The molecule has 0 bridgehead atoms. The van der Waals surface area contributed by atoms with Crippen molar-refractivity contribution in [1.82, 2.24) is 4.90 Å². The van der Waals surface area contributed by atoms with Gasteiger partial charge < -0.3 is 10.1 Å². The number of esters is 1. The van der Waals surface area contributed by atoms with Gasteiger partial charge in [0.25, 0.3) is 0 Å². The number of halogens is 1. The van der Waals surface area contributed by atoms with E-state index in [9.17, 15) is 14.4 Å². The van der Waals surface area contributed by atoms with Gasteiger partial charge in [0.1, 0.15) is 17.9 Å². The third-order valence-corrected chi connectivity index (χ3v) is 5.73. The molecule has 0 aliphatic carbocycles. The molecule has 6 nitrogen and oxygen atoms in total. The molecule has 25 heavy (non-hydrogen) atoms. The van der Waals surface area contributed by atoms with E-state index in [-0.39, 0.29) is 17.9 Å². The van der Waals surface area contributed by atoms with E-state index < -0.39 is 23.3 Å². The van der Waals surface area contributed by atoms with E-state index in [1.165, 1.54) is 14.2 Å². The van der Waals surface area contributed by atoms with Crippen LogP contribution in [-0.2, 0) is 19.1 Å². The van der Waals surface area contributed by atoms with Gasteiger partial charge in [-0.1, -0.05) is 30.7 Å². The number of imide groups is 1. The number of rotatable bonds is 4. The monoisotopic (exact) mass is 365 g/mol. The highest BCUT2D eigenvalue weighted by molar-refractivity contribution is 6.30. The summed E-state index contributed by atoms with van der Waals surface area (Å²) in [6.45, 7) is 1.95. The molecule has 2 saturated heterocycles. The number of methoxy groups -OCH3 is 1. The van der Waals surface area contributed by atoms with Crippen LogP contribution in [0.15, 0.2) is 24.3 Å². The first kappa shape index (κ1) is 17.9. The summed E-state index contributed by atoms with van der Waals surface area (Å²) in [5, 5.41) is 2.46. The number of amides is 2. The van der Waals surface area contributed by atoms with Crippen molar-refractivity contribution in [3.05, 3.63) is 34.9 Å². The zero-order valence-electron chi connectivity index (χ0n) is 14.5. The van der Waals surface area contributed by atoms with Gasteiger partial charge >= 0.3 is 5.97 Å². The minimum atomic E-state index is -1.07. The number of nitrogens with zero attached hydrogens (tertiary/aromatic N) is 1. The van der Waals surface area contributed by atoms with Gasteiger partial charge in [-0.15, -0.1) is 0 Å². The lowest BCUT2D eigenvalue weighted by molar-refractivity contribution is -0.735. The second-order valence-corrected chi connectivity index (χ2v) is 7.20. The van der Waals surface area contributed by atoms with E-state index in [0.29, 0.717) is 17.9 Å². The van der Waals surface area contributed by atoms with E-state index in [1.54, 1.807) is 12.1 Å². The van der Waals surface area contributed by atoms with Gasteiger partial charge in [-0.05, 0) is 18.6 Å². The van der Waals surface area contributed by atoms with Crippen LogP contribution in [0.1, 0.15) is 31.4 Å². The Morgan fingerprint density at radius 3 is 2.48 bits per heavy atom. The number of fused-ring (bicyclic) bond motifs is 1. The molecule has 2 aliphatic rings. The number of carbonyl (C=O) groups is 3. The summed E-state index contributed by atoms with van der Waals surface area (Å²) in [4.78, 5) is 39.4. The summed E-state index contributed by atoms with van der Waals surface area (Å²) >= 11 is 5.97. The van der Waals surface area contributed by atoms with Crippen molar-refractivity contribution in [2.45, 2.75) is 31.3 Å². The molecule has 134 valence electrons. The molecule has 4 atom stereocenters. The first-order valence-corrected chi connectivity index (χ1v) is 8.76. The van der Waals surface area contributed by atoms with E-state index >= 15 is 0 Å². The molecule has 0 spiro atoms. The van der Waals surface area contributed by atoms with Gasteiger partial charge in [-0.25, -0.2) is 4.79 Å². The molecule has 2 amide bonds. The molecule has 1 aromatic carbocycles. The molecule has 2 heterocycles. The Morgan fingerprint density at radius 2 is 1.92 bits per heavy atom. The fraction of sp³-hybridized carbons (Fsp3) is 0.500. The van der Waals surface area contributed by atoms with Crippen LogP contribution in [0.3, 0.4) is 0 Å². The van der Waals surface area contributed by atoms with Crippen LogP contribution in [0, 0.1) is 11.8 Å². The van der Waals surface area contributed by atoms with Gasteiger partial charge in [0, 0.05) is 24.1 Å². The number of hydrogen-bond acceptors (Lipinski definition) is 4. The zero-order valence-corrected chi connectivity index (χ0v) is 15.2. The minimum Gasteiger partial charge on any atom is -0.464 e. The Hall–Kier alpha value is -1.92. The van der Waals surface area contributed by atoms with Crippen LogP contribution < -0.4 is 5.32 Å². The fourth-order valence-electron chi connectivity index (χ4n) is 4.39. The summed E-state index contributed by atoms with van der Waals surface area (Å²) < 4.78 is 5.05. The highest BCUT2D eigenvalue weighted by Gasteiger charge is 2.71. The van der Waals surface area contributed by atoms with Crippen molar-refractivity contribution in [2.75, 3.05) is 14.2 Å². The van der Waals surface area contributed by atoms with Gasteiger partial charge in [0.2, 0.25) is 17.4 Å². The van der Waals surface area contributed by atoms with Crippen molar-refractivity contribution in [3.63, 3.8) is 0 Å². The standard InChI is InChI=1S/C18H21ClN2O4/c1-4-9-18(17(24)25-3)13-12(15(22)21(2)16(13)23)14(20-18)10-5-7-11(19)8-6-10/h5-8,12-14,20H,4,9H2,1-3H3/p+1/t12-,13+,14-,18+/m0/s1. The number of ether oxygens (including phenoxy) is 1. The van der Waals surface area contributed by atoms with E-state index in [2.05, 4.69) is 0 Å². The third-order valence-electron chi connectivity index (χ3n) is 5.47. The lowest BCUT2D eigenvalue weighted by Crippen LogP contribution is -2.98.